The molecular weight excluding hydrogens is 434 g/mol. The van der Waals surface area contributed by atoms with Crippen LogP contribution in [0.1, 0.15) is 26.3 Å². The molecule has 0 unspecified atom stereocenters. The van der Waals surface area contributed by atoms with Gasteiger partial charge in [-0.3, -0.25) is 14.5 Å². The number of fused-ring (bicyclic) bond motifs is 1. The molecule has 32 heavy (non-hydrogen) atoms. The molecule has 0 saturated carbocycles. The number of methoxy groups -OCH3 is 1. The molecule has 2 aromatic carbocycles. The van der Waals surface area contributed by atoms with Crippen LogP contribution in [0.25, 0.3) is 0 Å². The number of nitrogens with zero attached hydrogens (tertiary/aromatic N) is 1. The fraction of sp³-hybridized carbons (Fsp3) is 0.318. The molecule has 10 heteroatoms. The van der Waals surface area contributed by atoms with Gasteiger partial charge in [-0.05, 0) is 37.1 Å². The van der Waals surface area contributed by atoms with E-state index < -0.39 is 34.0 Å². The van der Waals surface area contributed by atoms with E-state index in [0.717, 1.165) is 0 Å². The minimum atomic E-state index is -3.74. The van der Waals surface area contributed by atoms with Crippen molar-refractivity contribution in [3.05, 3.63) is 54.1 Å². The van der Waals surface area contributed by atoms with Crippen molar-refractivity contribution in [3.63, 3.8) is 0 Å². The summed E-state index contributed by atoms with van der Waals surface area (Å²) in [5, 5.41) is 2.66. The number of nitrogens with one attached hydrogen (secondary N) is 2. The number of aliphatic imine (C=N–C) groups is 1. The van der Waals surface area contributed by atoms with Gasteiger partial charge in [0.15, 0.2) is 12.1 Å². The van der Waals surface area contributed by atoms with Gasteiger partial charge in [0.1, 0.15) is 11.6 Å². The van der Waals surface area contributed by atoms with E-state index in [4.69, 9.17) is 9.47 Å². The van der Waals surface area contributed by atoms with Crippen molar-refractivity contribution in [2.24, 2.45) is 10.9 Å². The lowest BCUT2D eigenvalue weighted by atomic mass is 10.0. The highest BCUT2D eigenvalue weighted by atomic mass is 32.2. The van der Waals surface area contributed by atoms with E-state index in [9.17, 15) is 18.0 Å². The molecule has 2 N–H and O–H groups in total. The number of hydrogen-bond acceptors (Lipinski definition) is 7. The van der Waals surface area contributed by atoms with Crippen LogP contribution in [0.2, 0.25) is 0 Å². The first-order valence-corrected chi connectivity index (χ1v) is 11.5. The number of carbonyl (C=O) groups is 2. The van der Waals surface area contributed by atoms with Gasteiger partial charge in [-0.1, -0.05) is 38.1 Å². The summed E-state index contributed by atoms with van der Waals surface area (Å²) in [5.74, 6) is -1.04. The summed E-state index contributed by atoms with van der Waals surface area (Å²) in [6, 6.07) is 12.2. The Balaban J connectivity index is 1.76. The number of rotatable bonds is 7. The van der Waals surface area contributed by atoms with Gasteiger partial charge < -0.3 is 14.8 Å². The van der Waals surface area contributed by atoms with Gasteiger partial charge >= 0.3 is 5.97 Å². The first-order valence-electron chi connectivity index (χ1n) is 9.98. The van der Waals surface area contributed by atoms with Crippen molar-refractivity contribution < 1.29 is 27.5 Å². The molecule has 1 heterocycles. The Morgan fingerprint density at radius 3 is 2.38 bits per heavy atom. The molecular formula is C22H25N3O6S. The number of para-hydroxylation sites is 2. The molecule has 9 nitrogen and oxygen atoms in total. The van der Waals surface area contributed by atoms with Crippen molar-refractivity contribution >= 4 is 33.4 Å². The van der Waals surface area contributed by atoms with Gasteiger partial charge in [0.25, 0.3) is 15.9 Å². The minimum Gasteiger partial charge on any atom is -0.495 e. The topological polar surface area (TPSA) is 123 Å². The maximum Gasteiger partial charge on any atom is 0.331 e. The number of carbonyl (C=O) groups excluding carboxylic acids is 2. The molecule has 170 valence electrons. The maximum absolute atomic E-state index is 12.8. The van der Waals surface area contributed by atoms with Crippen LogP contribution in [0, 0.1) is 5.92 Å². The molecule has 0 radical (unpaired) electrons. The predicted octanol–water partition coefficient (Wildman–Crippen LogP) is 2.33. The maximum atomic E-state index is 12.8. The molecule has 1 amide bonds. The smallest absolute Gasteiger partial charge is 0.331 e. The number of amides is 1. The van der Waals surface area contributed by atoms with Crippen molar-refractivity contribution in [3.8, 4) is 5.75 Å². The van der Waals surface area contributed by atoms with E-state index in [0.29, 0.717) is 17.0 Å². The molecule has 0 fully saturated rings. The molecule has 1 aliphatic heterocycles. The summed E-state index contributed by atoms with van der Waals surface area (Å²) < 4.78 is 37.5. The molecule has 0 saturated heterocycles. The van der Waals surface area contributed by atoms with Gasteiger partial charge in [0.05, 0.1) is 17.7 Å². The molecule has 1 aliphatic rings. The monoisotopic (exact) mass is 459 g/mol. The van der Waals surface area contributed by atoms with Gasteiger partial charge in [-0.25, -0.2) is 13.2 Å². The van der Waals surface area contributed by atoms with E-state index in [1.54, 1.807) is 56.3 Å². The van der Waals surface area contributed by atoms with Crippen LogP contribution in [0.4, 0.5) is 5.69 Å². The highest BCUT2D eigenvalue weighted by molar-refractivity contribution is 7.90. The third-order valence-electron chi connectivity index (χ3n) is 4.83. The Hall–Kier alpha value is -3.40. The summed E-state index contributed by atoms with van der Waals surface area (Å²) in [6.07, 6.45) is -1.11. The minimum absolute atomic E-state index is 0.0716. The third kappa shape index (κ3) is 4.91. The van der Waals surface area contributed by atoms with Crippen LogP contribution >= 0.6 is 0 Å². The zero-order valence-electron chi connectivity index (χ0n) is 18.2. The van der Waals surface area contributed by atoms with Crippen molar-refractivity contribution in [2.45, 2.75) is 37.8 Å². The fourth-order valence-electron chi connectivity index (χ4n) is 3.12. The van der Waals surface area contributed by atoms with Gasteiger partial charge in [-0.15, -0.1) is 0 Å². The molecule has 0 aliphatic carbocycles. The number of ether oxygens (including phenoxy) is 2. The number of benzene rings is 2. The van der Waals surface area contributed by atoms with Crippen LogP contribution in [0.3, 0.4) is 0 Å². The van der Waals surface area contributed by atoms with Crippen LogP contribution in [0.5, 0.6) is 5.75 Å². The van der Waals surface area contributed by atoms with E-state index in [-0.39, 0.29) is 16.6 Å². The van der Waals surface area contributed by atoms with Crippen LogP contribution in [-0.4, -0.2) is 45.4 Å². The summed E-state index contributed by atoms with van der Waals surface area (Å²) in [6.45, 7) is 4.95. The zero-order valence-corrected chi connectivity index (χ0v) is 19.0. The second-order valence-corrected chi connectivity index (χ2v) is 9.19. The Morgan fingerprint density at radius 2 is 1.69 bits per heavy atom. The van der Waals surface area contributed by atoms with Crippen LogP contribution in [-0.2, 0) is 24.3 Å². The molecule has 2 atom stereocenters. The van der Waals surface area contributed by atoms with Crippen molar-refractivity contribution in [1.29, 1.82) is 0 Å². The average molecular weight is 460 g/mol. The number of amidine groups is 1. The summed E-state index contributed by atoms with van der Waals surface area (Å²) in [5.41, 5.74) is 0.827. The molecule has 0 spiro atoms. The highest BCUT2D eigenvalue weighted by Crippen LogP contribution is 2.25. The van der Waals surface area contributed by atoms with Crippen LogP contribution in [0.15, 0.2) is 58.4 Å². The number of anilines is 1. The molecule has 3 rings (SSSR count). The quantitative estimate of drug-likeness (QED) is 0.613. The second-order valence-electron chi connectivity index (χ2n) is 7.54. The average Bonchev–Trinajstić information content (AvgIpc) is 3.02. The lowest BCUT2D eigenvalue weighted by Gasteiger charge is -2.20. The normalized spacial score (nSPS) is 17.2. The summed E-state index contributed by atoms with van der Waals surface area (Å²) in [4.78, 5) is 29.8. The van der Waals surface area contributed by atoms with E-state index in [1.807, 2.05) is 0 Å². The SMILES string of the molecule is COc1ccccc1NC(=O)[C@H](C)OC(=O)[C@@H](N=C1NS(=O)(=O)c2ccccc21)C(C)C. The Kier molecular flexibility index (Phi) is 6.83. The Morgan fingerprint density at radius 1 is 1.03 bits per heavy atom. The second kappa shape index (κ2) is 9.39. The van der Waals surface area contributed by atoms with E-state index >= 15 is 0 Å². The predicted molar refractivity (Wildman–Crippen MR) is 119 cm³/mol. The van der Waals surface area contributed by atoms with Gasteiger partial charge in [0.2, 0.25) is 0 Å². The lowest BCUT2D eigenvalue weighted by Crippen LogP contribution is -2.37. The first kappa shape index (κ1) is 23.3. The van der Waals surface area contributed by atoms with Gasteiger partial charge in [0, 0.05) is 5.56 Å². The molecule has 0 aromatic heterocycles. The zero-order chi connectivity index (χ0) is 23.5. The first-order chi connectivity index (χ1) is 15.1. The van der Waals surface area contributed by atoms with E-state index in [1.165, 1.54) is 20.1 Å². The summed E-state index contributed by atoms with van der Waals surface area (Å²) >= 11 is 0. The van der Waals surface area contributed by atoms with Crippen LogP contribution < -0.4 is 14.8 Å². The lowest BCUT2D eigenvalue weighted by molar-refractivity contribution is -0.155. The third-order valence-corrected chi connectivity index (χ3v) is 6.23. The molecule has 0 bridgehead atoms. The number of esters is 1. The fourth-order valence-corrected chi connectivity index (χ4v) is 4.36. The summed E-state index contributed by atoms with van der Waals surface area (Å²) in [7, 11) is -2.26. The largest absolute Gasteiger partial charge is 0.495 e. The number of sulfonamides is 1. The molecule has 2 aromatic rings. The standard InChI is InChI=1S/C22H25N3O6S/c1-13(2)19(24-20-15-9-5-8-12-18(15)32(28,29)25-20)22(27)31-14(3)21(26)23-16-10-6-7-11-17(16)30-4/h5-14,19H,1-4H3,(H,23,26)(H,24,25)/t14-,19-/m0/s1. The number of hydrogen-bond donors (Lipinski definition) is 2. The van der Waals surface area contributed by atoms with Gasteiger partial charge in [-0.2, -0.15) is 0 Å². The van der Waals surface area contributed by atoms with Crippen molar-refractivity contribution in [2.75, 3.05) is 12.4 Å². The van der Waals surface area contributed by atoms with Crippen molar-refractivity contribution in [1.82, 2.24) is 4.72 Å². The van der Waals surface area contributed by atoms with E-state index in [2.05, 4.69) is 15.0 Å². The highest BCUT2D eigenvalue weighted by Gasteiger charge is 2.34. The Bertz CT molecular complexity index is 1160. The Labute approximate surface area is 186 Å².